The molecule has 1 atom stereocenters. The zero-order chi connectivity index (χ0) is 12.0. The van der Waals surface area contributed by atoms with Crippen molar-refractivity contribution >= 4 is 11.6 Å². The van der Waals surface area contributed by atoms with Crippen molar-refractivity contribution in [3.8, 4) is 5.75 Å². The van der Waals surface area contributed by atoms with Gasteiger partial charge >= 0.3 is 0 Å². The Bertz CT molecular complexity index is 405. The Morgan fingerprint density at radius 1 is 1.50 bits per heavy atom. The molecule has 0 fully saturated rings. The number of methoxy groups -OCH3 is 2. The second-order valence-electron chi connectivity index (χ2n) is 3.06. The quantitative estimate of drug-likeness (QED) is 0.451. The summed E-state index contributed by atoms with van der Waals surface area (Å²) in [6.45, 7) is 0.279. The van der Waals surface area contributed by atoms with Crippen molar-refractivity contribution in [1.29, 1.82) is 0 Å². The fourth-order valence-corrected chi connectivity index (χ4v) is 1.55. The topological polar surface area (TPSA) is 67.2 Å². The standard InChI is InChI=1S/C10H12ClN3O2/c1-15-6-9(13-14-12)8-5-7(11)3-4-10(8)16-2/h3-5,9H,6H2,1-2H3. The van der Waals surface area contributed by atoms with Crippen molar-refractivity contribution in [2.45, 2.75) is 6.04 Å². The number of azide groups is 1. The van der Waals surface area contributed by atoms with Crippen molar-refractivity contribution in [2.24, 2.45) is 5.11 Å². The van der Waals surface area contributed by atoms with E-state index in [1.54, 1.807) is 25.3 Å². The number of hydrogen-bond donors (Lipinski definition) is 0. The molecule has 0 aliphatic rings. The van der Waals surface area contributed by atoms with Crippen LogP contribution < -0.4 is 4.74 Å². The molecular weight excluding hydrogens is 230 g/mol. The van der Waals surface area contributed by atoms with Crippen LogP contribution in [0.2, 0.25) is 5.02 Å². The number of halogens is 1. The van der Waals surface area contributed by atoms with Crippen LogP contribution in [-0.2, 0) is 4.74 Å². The van der Waals surface area contributed by atoms with Crippen molar-refractivity contribution in [1.82, 2.24) is 0 Å². The van der Waals surface area contributed by atoms with E-state index in [9.17, 15) is 0 Å². The minimum atomic E-state index is -0.441. The molecule has 0 radical (unpaired) electrons. The zero-order valence-corrected chi connectivity index (χ0v) is 9.81. The molecule has 1 rings (SSSR count). The molecule has 0 spiro atoms. The Morgan fingerprint density at radius 2 is 2.25 bits per heavy atom. The number of ether oxygens (including phenoxy) is 2. The predicted octanol–water partition coefficient (Wildman–Crippen LogP) is 3.35. The minimum absolute atomic E-state index is 0.279. The van der Waals surface area contributed by atoms with Gasteiger partial charge in [-0.2, -0.15) is 0 Å². The fourth-order valence-electron chi connectivity index (χ4n) is 1.37. The third-order valence-corrected chi connectivity index (χ3v) is 2.30. The van der Waals surface area contributed by atoms with Gasteiger partial charge in [0.1, 0.15) is 5.75 Å². The third-order valence-electron chi connectivity index (χ3n) is 2.07. The van der Waals surface area contributed by atoms with Gasteiger partial charge in [-0.25, -0.2) is 0 Å². The number of hydrogen-bond acceptors (Lipinski definition) is 3. The first-order chi connectivity index (χ1) is 7.72. The Labute approximate surface area is 98.6 Å². The van der Waals surface area contributed by atoms with Crippen LogP contribution in [0.1, 0.15) is 11.6 Å². The molecule has 1 aromatic carbocycles. The van der Waals surface area contributed by atoms with Crippen molar-refractivity contribution < 1.29 is 9.47 Å². The highest BCUT2D eigenvalue weighted by molar-refractivity contribution is 6.30. The molecule has 6 heteroatoms. The summed E-state index contributed by atoms with van der Waals surface area (Å²) in [7, 11) is 3.09. The van der Waals surface area contributed by atoms with E-state index in [1.165, 1.54) is 7.11 Å². The average Bonchev–Trinajstić information content (AvgIpc) is 2.29. The van der Waals surface area contributed by atoms with E-state index in [4.69, 9.17) is 26.6 Å². The smallest absolute Gasteiger partial charge is 0.122 e. The lowest BCUT2D eigenvalue weighted by molar-refractivity contribution is 0.179. The van der Waals surface area contributed by atoms with Gasteiger partial charge in [-0.1, -0.05) is 16.7 Å². The van der Waals surface area contributed by atoms with Crippen LogP contribution in [0.4, 0.5) is 0 Å². The van der Waals surface area contributed by atoms with E-state index in [2.05, 4.69) is 10.0 Å². The summed E-state index contributed by atoms with van der Waals surface area (Å²) in [5.41, 5.74) is 9.20. The van der Waals surface area contributed by atoms with Gasteiger partial charge in [-0.3, -0.25) is 0 Å². The van der Waals surface area contributed by atoms with Gasteiger partial charge in [0.15, 0.2) is 0 Å². The summed E-state index contributed by atoms with van der Waals surface area (Å²) in [5, 5.41) is 4.21. The van der Waals surface area contributed by atoms with Crippen LogP contribution in [0.15, 0.2) is 23.3 Å². The molecule has 0 saturated heterocycles. The third kappa shape index (κ3) is 3.03. The Kier molecular flexibility index (Phi) is 4.92. The minimum Gasteiger partial charge on any atom is -0.496 e. The average molecular weight is 242 g/mol. The summed E-state index contributed by atoms with van der Waals surface area (Å²) in [6.07, 6.45) is 0. The highest BCUT2D eigenvalue weighted by atomic mass is 35.5. The van der Waals surface area contributed by atoms with Gasteiger partial charge < -0.3 is 9.47 Å². The summed E-state index contributed by atoms with van der Waals surface area (Å²) in [6, 6.07) is 4.71. The largest absolute Gasteiger partial charge is 0.496 e. The molecule has 0 aliphatic carbocycles. The van der Waals surface area contributed by atoms with Crippen LogP contribution in [0.3, 0.4) is 0 Å². The lowest BCUT2D eigenvalue weighted by Crippen LogP contribution is -2.05. The first kappa shape index (κ1) is 12.6. The molecule has 86 valence electrons. The van der Waals surface area contributed by atoms with Gasteiger partial charge in [0.2, 0.25) is 0 Å². The van der Waals surface area contributed by atoms with E-state index < -0.39 is 6.04 Å². The van der Waals surface area contributed by atoms with E-state index in [-0.39, 0.29) is 6.61 Å². The SMILES string of the molecule is COCC(N=[N+]=[N-])c1cc(Cl)ccc1OC. The molecular formula is C10H12ClN3O2. The van der Waals surface area contributed by atoms with Gasteiger partial charge in [-0.15, -0.1) is 0 Å². The van der Waals surface area contributed by atoms with Crippen LogP contribution in [-0.4, -0.2) is 20.8 Å². The van der Waals surface area contributed by atoms with Crippen LogP contribution in [0.25, 0.3) is 10.4 Å². The molecule has 0 saturated carbocycles. The highest BCUT2D eigenvalue weighted by Crippen LogP contribution is 2.30. The van der Waals surface area contributed by atoms with Crippen molar-refractivity contribution in [3.05, 3.63) is 39.2 Å². The molecule has 0 N–H and O–H groups in total. The molecule has 0 aliphatic heterocycles. The van der Waals surface area contributed by atoms with Gasteiger partial charge in [0, 0.05) is 22.6 Å². The maximum atomic E-state index is 8.49. The summed E-state index contributed by atoms with van der Waals surface area (Å²) in [5.74, 6) is 0.624. The molecule has 1 aromatic rings. The Balaban J connectivity index is 3.14. The number of benzene rings is 1. The monoisotopic (exact) mass is 241 g/mol. The van der Waals surface area contributed by atoms with Gasteiger partial charge in [0.25, 0.3) is 0 Å². The van der Waals surface area contributed by atoms with Crippen LogP contribution in [0, 0.1) is 0 Å². The molecule has 5 nitrogen and oxygen atoms in total. The Hall–Kier alpha value is -1.42. The van der Waals surface area contributed by atoms with Crippen LogP contribution >= 0.6 is 11.6 Å². The number of rotatable bonds is 5. The van der Waals surface area contributed by atoms with E-state index in [0.717, 1.165) is 5.56 Å². The molecule has 0 aromatic heterocycles. The summed E-state index contributed by atoms with van der Waals surface area (Å²) in [4.78, 5) is 2.78. The molecule has 0 heterocycles. The molecule has 0 bridgehead atoms. The zero-order valence-electron chi connectivity index (χ0n) is 9.05. The van der Waals surface area contributed by atoms with Crippen molar-refractivity contribution in [2.75, 3.05) is 20.8 Å². The van der Waals surface area contributed by atoms with Crippen LogP contribution in [0.5, 0.6) is 5.75 Å². The van der Waals surface area contributed by atoms with E-state index >= 15 is 0 Å². The second kappa shape index (κ2) is 6.23. The fraction of sp³-hybridized carbons (Fsp3) is 0.400. The Morgan fingerprint density at radius 3 is 2.81 bits per heavy atom. The maximum Gasteiger partial charge on any atom is 0.122 e. The van der Waals surface area contributed by atoms with Crippen molar-refractivity contribution in [3.63, 3.8) is 0 Å². The maximum absolute atomic E-state index is 8.49. The lowest BCUT2D eigenvalue weighted by atomic mass is 10.1. The van der Waals surface area contributed by atoms with E-state index in [0.29, 0.717) is 10.8 Å². The number of nitrogens with zero attached hydrogens (tertiary/aromatic N) is 3. The first-order valence-corrected chi connectivity index (χ1v) is 4.97. The van der Waals surface area contributed by atoms with E-state index in [1.807, 2.05) is 0 Å². The lowest BCUT2D eigenvalue weighted by Gasteiger charge is -2.14. The second-order valence-corrected chi connectivity index (χ2v) is 3.50. The molecule has 1 unspecified atom stereocenters. The summed E-state index contributed by atoms with van der Waals surface area (Å²) >= 11 is 5.89. The molecule has 0 amide bonds. The van der Waals surface area contributed by atoms with Gasteiger partial charge in [-0.05, 0) is 23.7 Å². The molecule has 16 heavy (non-hydrogen) atoms. The first-order valence-electron chi connectivity index (χ1n) is 4.59. The van der Waals surface area contributed by atoms with Gasteiger partial charge in [0.05, 0.1) is 19.8 Å². The predicted molar refractivity (Wildman–Crippen MR) is 61.8 cm³/mol. The highest BCUT2D eigenvalue weighted by Gasteiger charge is 2.15. The summed E-state index contributed by atoms with van der Waals surface area (Å²) < 4.78 is 10.2. The normalized spacial score (nSPS) is 11.7.